The molecule has 0 aliphatic carbocycles. The van der Waals surface area contributed by atoms with Gasteiger partial charge in [-0.15, -0.1) is 0 Å². The van der Waals surface area contributed by atoms with Crippen LogP contribution in [0, 0.1) is 17.1 Å². The molecule has 1 saturated heterocycles. The quantitative estimate of drug-likeness (QED) is 0.912. The first-order valence-corrected chi connectivity index (χ1v) is 6.76. The first-order valence-electron chi connectivity index (χ1n) is 6.76. The largest absolute Gasteiger partial charge is 0.309 e. The molecule has 0 spiro atoms. The van der Waals surface area contributed by atoms with Crippen LogP contribution in [0.2, 0.25) is 0 Å². The SMILES string of the molecule is N#Cc1c(F)cccc1-n1cncc1C1CCCCN1. The van der Waals surface area contributed by atoms with Gasteiger partial charge in [-0.05, 0) is 31.5 Å². The number of halogens is 1. The highest BCUT2D eigenvalue weighted by Gasteiger charge is 2.20. The van der Waals surface area contributed by atoms with E-state index in [-0.39, 0.29) is 11.6 Å². The van der Waals surface area contributed by atoms with Crippen molar-refractivity contribution in [2.24, 2.45) is 0 Å². The van der Waals surface area contributed by atoms with E-state index in [9.17, 15) is 4.39 Å². The minimum atomic E-state index is -0.499. The lowest BCUT2D eigenvalue weighted by molar-refractivity contribution is 0.401. The van der Waals surface area contributed by atoms with E-state index >= 15 is 0 Å². The Morgan fingerprint density at radius 1 is 1.40 bits per heavy atom. The van der Waals surface area contributed by atoms with Crippen molar-refractivity contribution < 1.29 is 4.39 Å². The molecule has 102 valence electrons. The van der Waals surface area contributed by atoms with Crippen LogP contribution in [0.15, 0.2) is 30.7 Å². The maximum atomic E-state index is 13.7. The summed E-state index contributed by atoms with van der Waals surface area (Å²) in [5.74, 6) is -0.499. The van der Waals surface area contributed by atoms with Crippen molar-refractivity contribution in [1.82, 2.24) is 14.9 Å². The fraction of sp³-hybridized carbons (Fsp3) is 0.333. The summed E-state index contributed by atoms with van der Waals surface area (Å²) in [6.07, 6.45) is 6.80. The summed E-state index contributed by atoms with van der Waals surface area (Å²) in [7, 11) is 0. The molecule has 1 aliphatic rings. The number of hydrogen-bond donors (Lipinski definition) is 1. The van der Waals surface area contributed by atoms with Crippen molar-refractivity contribution in [3.05, 3.63) is 47.8 Å². The van der Waals surface area contributed by atoms with Crippen molar-refractivity contribution in [1.29, 1.82) is 5.26 Å². The van der Waals surface area contributed by atoms with Gasteiger partial charge in [0.1, 0.15) is 17.4 Å². The lowest BCUT2D eigenvalue weighted by Gasteiger charge is -2.24. The summed E-state index contributed by atoms with van der Waals surface area (Å²) in [6, 6.07) is 6.81. The highest BCUT2D eigenvalue weighted by Crippen LogP contribution is 2.26. The third kappa shape index (κ3) is 2.19. The summed E-state index contributed by atoms with van der Waals surface area (Å²) < 4.78 is 15.6. The highest BCUT2D eigenvalue weighted by atomic mass is 19.1. The topological polar surface area (TPSA) is 53.6 Å². The smallest absolute Gasteiger partial charge is 0.143 e. The van der Waals surface area contributed by atoms with Gasteiger partial charge in [-0.25, -0.2) is 9.37 Å². The van der Waals surface area contributed by atoms with Crippen LogP contribution >= 0.6 is 0 Å². The Labute approximate surface area is 116 Å². The zero-order valence-electron chi connectivity index (χ0n) is 11.0. The van der Waals surface area contributed by atoms with Gasteiger partial charge in [-0.1, -0.05) is 12.5 Å². The van der Waals surface area contributed by atoms with Crippen LogP contribution in [-0.2, 0) is 0 Å². The standard InChI is InChI=1S/C15H15FN4/c16-12-4-3-6-14(11(12)8-17)20-10-18-9-15(20)13-5-1-2-7-19-13/h3-4,6,9-10,13,19H,1-2,5,7H2. The molecule has 1 fully saturated rings. The molecule has 2 aromatic rings. The van der Waals surface area contributed by atoms with Crippen LogP contribution in [0.3, 0.4) is 0 Å². The number of rotatable bonds is 2. The Kier molecular flexibility index (Phi) is 3.48. The molecule has 0 radical (unpaired) electrons. The monoisotopic (exact) mass is 270 g/mol. The van der Waals surface area contributed by atoms with Crippen molar-refractivity contribution in [2.45, 2.75) is 25.3 Å². The number of imidazole rings is 1. The molecule has 1 atom stereocenters. The Bertz CT molecular complexity index is 650. The van der Waals surface area contributed by atoms with Gasteiger partial charge in [-0.3, -0.25) is 0 Å². The predicted octanol–water partition coefficient (Wildman–Crippen LogP) is 2.70. The minimum absolute atomic E-state index is 0.0579. The van der Waals surface area contributed by atoms with Crippen molar-refractivity contribution in [3.63, 3.8) is 0 Å². The Morgan fingerprint density at radius 2 is 2.30 bits per heavy atom. The van der Waals surface area contributed by atoms with Crippen LogP contribution < -0.4 is 5.32 Å². The minimum Gasteiger partial charge on any atom is -0.309 e. The van der Waals surface area contributed by atoms with E-state index in [2.05, 4.69) is 10.3 Å². The third-order valence-corrected chi connectivity index (χ3v) is 3.70. The first-order chi connectivity index (χ1) is 9.81. The maximum absolute atomic E-state index is 13.7. The molecule has 1 N–H and O–H groups in total. The van der Waals surface area contributed by atoms with E-state index < -0.39 is 5.82 Å². The summed E-state index contributed by atoms with van der Waals surface area (Å²) in [6.45, 7) is 0.976. The van der Waals surface area contributed by atoms with Crippen molar-refractivity contribution >= 4 is 0 Å². The van der Waals surface area contributed by atoms with Gasteiger partial charge < -0.3 is 9.88 Å². The van der Waals surface area contributed by atoms with E-state index in [1.165, 1.54) is 12.5 Å². The van der Waals surface area contributed by atoms with Crippen LogP contribution in [0.5, 0.6) is 0 Å². The Balaban J connectivity index is 2.06. The van der Waals surface area contributed by atoms with E-state index in [4.69, 9.17) is 5.26 Å². The van der Waals surface area contributed by atoms with Gasteiger partial charge in [0, 0.05) is 6.04 Å². The predicted molar refractivity (Wildman–Crippen MR) is 72.8 cm³/mol. The molecule has 3 rings (SSSR count). The number of hydrogen-bond acceptors (Lipinski definition) is 3. The fourth-order valence-corrected chi connectivity index (χ4v) is 2.69. The second-order valence-electron chi connectivity index (χ2n) is 4.94. The van der Waals surface area contributed by atoms with Crippen LogP contribution in [0.25, 0.3) is 5.69 Å². The second kappa shape index (κ2) is 5.43. The summed E-state index contributed by atoms with van der Waals surface area (Å²) in [5, 5.41) is 12.6. The van der Waals surface area contributed by atoms with Gasteiger partial charge in [0.05, 0.1) is 23.9 Å². The molecule has 1 aliphatic heterocycles. The number of aromatic nitrogens is 2. The molecular formula is C15H15FN4. The average molecular weight is 270 g/mol. The van der Waals surface area contributed by atoms with E-state index in [0.29, 0.717) is 5.69 Å². The number of nitrogens with zero attached hydrogens (tertiary/aromatic N) is 3. The number of nitriles is 1. The summed E-state index contributed by atoms with van der Waals surface area (Å²) in [4.78, 5) is 4.17. The van der Waals surface area contributed by atoms with Gasteiger partial charge in [-0.2, -0.15) is 5.26 Å². The molecule has 2 heterocycles. The molecule has 1 aromatic carbocycles. The molecule has 1 unspecified atom stereocenters. The van der Waals surface area contributed by atoms with Gasteiger partial charge in [0.2, 0.25) is 0 Å². The number of benzene rings is 1. The van der Waals surface area contributed by atoms with E-state index in [1.807, 2.05) is 10.6 Å². The number of piperidine rings is 1. The molecule has 20 heavy (non-hydrogen) atoms. The fourth-order valence-electron chi connectivity index (χ4n) is 2.69. The second-order valence-corrected chi connectivity index (χ2v) is 4.94. The third-order valence-electron chi connectivity index (χ3n) is 3.70. The zero-order chi connectivity index (χ0) is 13.9. The molecular weight excluding hydrogens is 255 g/mol. The normalized spacial score (nSPS) is 18.7. The van der Waals surface area contributed by atoms with Crippen LogP contribution in [0.4, 0.5) is 4.39 Å². The maximum Gasteiger partial charge on any atom is 0.143 e. The lowest BCUT2D eigenvalue weighted by atomic mass is 10.0. The molecule has 5 heteroatoms. The molecule has 4 nitrogen and oxygen atoms in total. The Hall–Kier alpha value is -2.19. The molecule has 1 aromatic heterocycles. The van der Waals surface area contributed by atoms with Crippen LogP contribution in [-0.4, -0.2) is 16.1 Å². The Morgan fingerprint density at radius 3 is 3.05 bits per heavy atom. The summed E-state index contributed by atoms with van der Waals surface area (Å²) >= 11 is 0. The van der Waals surface area contributed by atoms with Crippen LogP contribution in [0.1, 0.15) is 36.6 Å². The molecule has 0 amide bonds. The highest BCUT2D eigenvalue weighted by molar-refractivity contribution is 5.50. The zero-order valence-corrected chi connectivity index (χ0v) is 11.0. The van der Waals surface area contributed by atoms with Crippen molar-refractivity contribution in [2.75, 3.05) is 6.54 Å². The van der Waals surface area contributed by atoms with E-state index in [0.717, 1.165) is 25.1 Å². The number of nitrogens with one attached hydrogen (secondary N) is 1. The van der Waals surface area contributed by atoms with Gasteiger partial charge in [0.25, 0.3) is 0 Å². The summed E-state index contributed by atoms with van der Waals surface area (Å²) in [5.41, 5.74) is 1.58. The van der Waals surface area contributed by atoms with E-state index in [1.54, 1.807) is 24.7 Å². The average Bonchev–Trinajstić information content (AvgIpc) is 2.97. The van der Waals surface area contributed by atoms with Crippen molar-refractivity contribution in [3.8, 4) is 11.8 Å². The lowest BCUT2D eigenvalue weighted by Crippen LogP contribution is -2.28. The first kappa shape index (κ1) is 12.8. The molecule has 0 saturated carbocycles. The molecule has 0 bridgehead atoms. The van der Waals surface area contributed by atoms with Gasteiger partial charge in [0.15, 0.2) is 0 Å². The van der Waals surface area contributed by atoms with Gasteiger partial charge >= 0.3 is 0 Å².